The molecule has 0 aliphatic heterocycles. The van der Waals surface area contributed by atoms with Gasteiger partial charge in [-0.2, -0.15) is 10.2 Å². The lowest BCUT2D eigenvalue weighted by Gasteiger charge is -2.11. The number of benzene rings is 2. The number of carbonyl (C=O) groups excluding carboxylic acids is 1. The lowest BCUT2D eigenvalue weighted by Crippen LogP contribution is -2.18. The maximum atomic E-state index is 12.2. The van der Waals surface area contributed by atoms with Crippen molar-refractivity contribution in [1.82, 2.24) is 15.6 Å². The van der Waals surface area contributed by atoms with Crippen LogP contribution < -0.4 is 10.3 Å². The number of hydrogen-bond acceptors (Lipinski definition) is 4. The standard InChI is InChI=1S/C20H21N5O/c1-14-4-8-16(9-5-14)18-12-19(23-22-18)20(26)24-21-13-15-6-10-17(11-7-15)25(2)3/h4-13H,1-3H3,(H,22,23)(H,24,26). The summed E-state index contributed by atoms with van der Waals surface area (Å²) in [6.07, 6.45) is 1.61. The number of carbonyl (C=O) groups is 1. The van der Waals surface area contributed by atoms with E-state index in [-0.39, 0.29) is 5.91 Å². The van der Waals surface area contributed by atoms with Gasteiger partial charge in [0, 0.05) is 25.3 Å². The molecule has 2 N–H and O–H groups in total. The molecule has 0 saturated heterocycles. The van der Waals surface area contributed by atoms with Gasteiger partial charge in [-0.05, 0) is 30.7 Å². The minimum absolute atomic E-state index is 0.336. The molecule has 0 bridgehead atoms. The zero-order valence-corrected chi connectivity index (χ0v) is 15.0. The Hall–Kier alpha value is -3.41. The molecule has 6 nitrogen and oxygen atoms in total. The van der Waals surface area contributed by atoms with Gasteiger partial charge in [0.15, 0.2) is 0 Å². The lowest BCUT2D eigenvalue weighted by molar-refractivity contribution is 0.0950. The van der Waals surface area contributed by atoms with E-state index in [2.05, 4.69) is 20.7 Å². The summed E-state index contributed by atoms with van der Waals surface area (Å²) in [6.45, 7) is 2.03. The minimum Gasteiger partial charge on any atom is -0.378 e. The fraction of sp³-hybridized carbons (Fsp3) is 0.150. The Bertz CT molecular complexity index is 908. The smallest absolute Gasteiger partial charge is 0.289 e. The van der Waals surface area contributed by atoms with Gasteiger partial charge < -0.3 is 4.90 Å². The Morgan fingerprint density at radius 2 is 1.81 bits per heavy atom. The average molecular weight is 347 g/mol. The van der Waals surface area contributed by atoms with Crippen molar-refractivity contribution in [3.63, 3.8) is 0 Å². The fourth-order valence-corrected chi connectivity index (χ4v) is 2.39. The Balaban J connectivity index is 1.62. The van der Waals surface area contributed by atoms with Crippen LogP contribution in [0.4, 0.5) is 5.69 Å². The van der Waals surface area contributed by atoms with Gasteiger partial charge in [0.1, 0.15) is 5.69 Å². The highest BCUT2D eigenvalue weighted by Crippen LogP contribution is 2.18. The van der Waals surface area contributed by atoms with Gasteiger partial charge >= 0.3 is 0 Å². The van der Waals surface area contributed by atoms with Crippen LogP contribution in [0.5, 0.6) is 0 Å². The van der Waals surface area contributed by atoms with Crippen molar-refractivity contribution in [3.05, 3.63) is 71.4 Å². The van der Waals surface area contributed by atoms with Crippen LogP contribution in [0.1, 0.15) is 21.6 Å². The van der Waals surface area contributed by atoms with Gasteiger partial charge in [-0.3, -0.25) is 9.89 Å². The summed E-state index contributed by atoms with van der Waals surface area (Å²) < 4.78 is 0. The van der Waals surface area contributed by atoms with E-state index in [0.717, 1.165) is 22.5 Å². The summed E-state index contributed by atoms with van der Waals surface area (Å²) in [5.41, 5.74) is 7.73. The fourth-order valence-electron chi connectivity index (χ4n) is 2.39. The highest BCUT2D eigenvalue weighted by Gasteiger charge is 2.10. The zero-order chi connectivity index (χ0) is 18.5. The van der Waals surface area contributed by atoms with Gasteiger partial charge in [-0.15, -0.1) is 0 Å². The summed E-state index contributed by atoms with van der Waals surface area (Å²) in [5.74, 6) is -0.336. The number of anilines is 1. The van der Waals surface area contributed by atoms with Crippen molar-refractivity contribution in [2.24, 2.45) is 5.10 Å². The molecule has 0 fully saturated rings. The van der Waals surface area contributed by atoms with Crippen molar-refractivity contribution in [2.45, 2.75) is 6.92 Å². The molecule has 0 unspecified atom stereocenters. The number of amides is 1. The van der Waals surface area contributed by atoms with Crippen LogP contribution in [0, 0.1) is 6.92 Å². The number of nitrogens with one attached hydrogen (secondary N) is 2. The van der Waals surface area contributed by atoms with Crippen LogP contribution in [-0.4, -0.2) is 36.4 Å². The second-order valence-corrected chi connectivity index (χ2v) is 6.22. The molecule has 26 heavy (non-hydrogen) atoms. The molecule has 0 aliphatic carbocycles. The molecule has 132 valence electrons. The van der Waals surface area contributed by atoms with E-state index in [1.54, 1.807) is 12.3 Å². The van der Waals surface area contributed by atoms with Crippen LogP contribution in [0.2, 0.25) is 0 Å². The number of H-pyrrole nitrogens is 1. The van der Waals surface area contributed by atoms with Crippen LogP contribution in [0.25, 0.3) is 11.3 Å². The molecule has 3 aromatic rings. The third kappa shape index (κ3) is 4.16. The maximum absolute atomic E-state index is 12.2. The van der Waals surface area contributed by atoms with Crippen molar-refractivity contribution >= 4 is 17.8 Å². The molecule has 1 aromatic heterocycles. The molecule has 3 rings (SSSR count). The number of nitrogens with zero attached hydrogens (tertiary/aromatic N) is 3. The Labute approximate surface area is 152 Å². The Morgan fingerprint density at radius 3 is 2.46 bits per heavy atom. The van der Waals surface area contributed by atoms with Crippen LogP contribution in [-0.2, 0) is 0 Å². The molecule has 0 spiro atoms. The quantitative estimate of drug-likeness (QED) is 0.550. The first-order chi connectivity index (χ1) is 12.5. The second-order valence-electron chi connectivity index (χ2n) is 6.22. The molecule has 0 atom stereocenters. The molecular formula is C20H21N5O. The van der Waals surface area contributed by atoms with E-state index >= 15 is 0 Å². The van der Waals surface area contributed by atoms with E-state index in [1.807, 2.05) is 74.4 Å². The molecule has 0 aliphatic rings. The summed E-state index contributed by atoms with van der Waals surface area (Å²) in [4.78, 5) is 14.2. The molecule has 1 heterocycles. The molecule has 0 radical (unpaired) electrons. The topological polar surface area (TPSA) is 73.4 Å². The monoisotopic (exact) mass is 347 g/mol. The molecule has 6 heteroatoms. The van der Waals surface area contributed by atoms with Gasteiger partial charge in [0.05, 0.1) is 11.9 Å². The number of aromatic nitrogens is 2. The summed E-state index contributed by atoms with van der Waals surface area (Å²) in [6, 6.07) is 17.5. The minimum atomic E-state index is -0.336. The number of rotatable bonds is 5. The highest BCUT2D eigenvalue weighted by molar-refractivity contribution is 5.94. The van der Waals surface area contributed by atoms with Gasteiger partial charge in [-0.1, -0.05) is 42.0 Å². The van der Waals surface area contributed by atoms with Crippen LogP contribution in [0.3, 0.4) is 0 Å². The van der Waals surface area contributed by atoms with Crippen molar-refractivity contribution in [3.8, 4) is 11.3 Å². The number of hydrazone groups is 1. The Kier molecular flexibility index (Phi) is 5.12. The number of hydrogen-bond donors (Lipinski definition) is 2. The first-order valence-electron chi connectivity index (χ1n) is 8.26. The third-order valence-corrected chi connectivity index (χ3v) is 3.96. The first-order valence-corrected chi connectivity index (χ1v) is 8.26. The van der Waals surface area contributed by atoms with Crippen LogP contribution >= 0.6 is 0 Å². The highest BCUT2D eigenvalue weighted by atomic mass is 16.2. The van der Waals surface area contributed by atoms with E-state index in [4.69, 9.17) is 0 Å². The molecular weight excluding hydrogens is 326 g/mol. The van der Waals surface area contributed by atoms with Gasteiger partial charge in [0.2, 0.25) is 0 Å². The summed E-state index contributed by atoms with van der Waals surface area (Å²) in [5, 5.41) is 10.9. The normalized spacial score (nSPS) is 10.9. The summed E-state index contributed by atoms with van der Waals surface area (Å²) >= 11 is 0. The number of aryl methyl sites for hydroxylation is 1. The first kappa shape index (κ1) is 17.4. The predicted octanol–water partition coefficient (Wildman–Crippen LogP) is 3.22. The van der Waals surface area contributed by atoms with Crippen molar-refractivity contribution in [2.75, 3.05) is 19.0 Å². The van der Waals surface area contributed by atoms with E-state index in [9.17, 15) is 4.79 Å². The molecule has 0 saturated carbocycles. The van der Waals surface area contributed by atoms with Gasteiger partial charge in [-0.25, -0.2) is 5.43 Å². The van der Waals surface area contributed by atoms with E-state index < -0.39 is 0 Å². The van der Waals surface area contributed by atoms with E-state index in [1.165, 1.54) is 5.56 Å². The molecule has 2 aromatic carbocycles. The van der Waals surface area contributed by atoms with Crippen molar-refractivity contribution in [1.29, 1.82) is 0 Å². The third-order valence-electron chi connectivity index (χ3n) is 3.96. The summed E-state index contributed by atoms with van der Waals surface area (Å²) in [7, 11) is 3.97. The van der Waals surface area contributed by atoms with Crippen molar-refractivity contribution < 1.29 is 4.79 Å². The Morgan fingerprint density at radius 1 is 1.12 bits per heavy atom. The SMILES string of the molecule is Cc1ccc(-c2cc(C(=O)NN=Cc3ccc(N(C)C)cc3)[nH]n2)cc1. The maximum Gasteiger partial charge on any atom is 0.289 e. The zero-order valence-electron chi connectivity index (χ0n) is 15.0. The second kappa shape index (κ2) is 7.65. The number of aromatic amines is 1. The van der Waals surface area contributed by atoms with Gasteiger partial charge in [0.25, 0.3) is 5.91 Å². The average Bonchev–Trinajstić information content (AvgIpc) is 3.13. The molecule has 1 amide bonds. The predicted molar refractivity (Wildman–Crippen MR) is 105 cm³/mol. The van der Waals surface area contributed by atoms with E-state index in [0.29, 0.717) is 5.69 Å². The lowest BCUT2D eigenvalue weighted by atomic mass is 10.1. The largest absolute Gasteiger partial charge is 0.378 e. The van der Waals surface area contributed by atoms with Crippen LogP contribution in [0.15, 0.2) is 59.7 Å².